The molecule has 8 rings (SSSR count). The molecule has 4 heteroatoms. The van der Waals surface area contributed by atoms with E-state index in [4.69, 9.17) is 9.97 Å². The van der Waals surface area contributed by atoms with Crippen LogP contribution in [0.25, 0.3) is 61.6 Å². The van der Waals surface area contributed by atoms with Crippen LogP contribution in [-0.2, 0) is 16.2 Å². The molecule has 0 atom stereocenters. The van der Waals surface area contributed by atoms with Crippen LogP contribution in [0.15, 0.2) is 158 Å². The van der Waals surface area contributed by atoms with E-state index in [1.165, 1.54) is 16.7 Å². The number of rotatable bonds is 7. The van der Waals surface area contributed by atoms with E-state index in [-0.39, 0.29) is 22.0 Å². The van der Waals surface area contributed by atoms with Gasteiger partial charge in [-0.15, -0.1) is 0 Å². The van der Waals surface area contributed by atoms with Crippen LogP contribution in [0.3, 0.4) is 0 Å². The lowest BCUT2D eigenvalue weighted by Crippen LogP contribution is -2.19. The Kier molecular flexibility index (Phi) is 9.48. The van der Waals surface area contributed by atoms with Crippen LogP contribution >= 0.6 is 0 Å². The molecule has 2 heterocycles. The highest BCUT2D eigenvalue weighted by atomic mass is 16.3. The smallest absolute Gasteiger partial charge is 0.149 e. The highest BCUT2D eigenvalue weighted by Crippen LogP contribution is 2.45. The van der Waals surface area contributed by atoms with E-state index in [0.717, 1.165) is 61.4 Å². The van der Waals surface area contributed by atoms with Crippen molar-refractivity contribution < 1.29 is 5.11 Å². The second-order valence-electron chi connectivity index (χ2n) is 17.8. The molecule has 0 aliphatic carbocycles. The topological polar surface area (TPSA) is 50.9 Å². The summed E-state index contributed by atoms with van der Waals surface area (Å²) in [6.45, 7) is 17.7. The number of fused-ring (bicyclic) bond motifs is 1. The lowest BCUT2D eigenvalue weighted by Gasteiger charge is -2.29. The molecule has 0 saturated carbocycles. The molecule has 0 aliphatic rings. The molecule has 4 nitrogen and oxygen atoms in total. The first-order chi connectivity index (χ1) is 27.2. The third-order valence-corrected chi connectivity index (χ3v) is 11.3. The van der Waals surface area contributed by atoms with Gasteiger partial charge < -0.3 is 5.11 Å². The number of para-hydroxylation sites is 2. The maximum atomic E-state index is 12.2. The number of imidazole rings is 1. The zero-order valence-corrected chi connectivity index (χ0v) is 34.3. The fourth-order valence-electron chi connectivity index (χ4n) is 8.07. The molecule has 2 aromatic heterocycles. The third kappa shape index (κ3) is 7.06. The fourth-order valence-corrected chi connectivity index (χ4v) is 8.07. The quantitative estimate of drug-likeness (QED) is 0.177. The van der Waals surface area contributed by atoms with Crippen molar-refractivity contribution in [2.45, 2.75) is 71.6 Å². The van der Waals surface area contributed by atoms with Gasteiger partial charge in [-0.25, -0.2) is 4.98 Å². The number of pyridine rings is 1. The number of phenolic OH excluding ortho intramolecular Hbond substituents is 1. The van der Waals surface area contributed by atoms with E-state index in [0.29, 0.717) is 5.82 Å². The van der Waals surface area contributed by atoms with Crippen molar-refractivity contribution in [3.8, 4) is 56.3 Å². The van der Waals surface area contributed by atoms with Crippen LogP contribution in [0.5, 0.6) is 5.75 Å². The van der Waals surface area contributed by atoms with Crippen molar-refractivity contribution in [1.29, 1.82) is 0 Å². The molecule has 0 amide bonds. The predicted molar refractivity (Wildman–Crippen MR) is 238 cm³/mol. The molecule has 0 aliphatic heterocycles. The van der Waals surface area contributed by atoms with Gasteiger partial charge in [0, 0.05) is 34.0 Å². The van der Waals surface area contributed by atoms with E-state index >= 15 is 0 Å². The number of nitrogens with zero attached hydrogens (tertiary/aromatic N) is 3. The second-order valence-corrected chi connectivity index (χ2v) is 17.8. The summed E-state index contributed by atoms with van der Waals surface area (Å²) in [5.74, 6) is 0.968. The summed E-state index contributed by atoms with van der Waals surface area (Å²) in [6.07, 6.45) is 1.85. The number of hydrogen-bond donors (Lipinski definition) is 1. The molecular weight excluding hydrogens is 695 g/mol. The van der Waals surface area contributed by atoms with Crippen LogP contribution in [0.2, 0.25) is 0 Å². The van der Waals surface area contributed by atoms with Gasteiger partial charge in [0.2, 0.25) is 0 Å². The van der Waals surface area contributed by atoms with Gasteiger partial charge in [0.1, 0.15) is 11.6 Å². The van der Waals surface area contributed by atoms with Crippen molar-refractivity contribution >= 4 is 11.0 Å². The van der Waals surface area contributed by atoms with Gasteiger partial charge in [-0.05, 0) is 98.8 Å². The van der Waals surface area contributed by atoms with Crippen LogP contribution in [-0.4, -0.2) is 19.6 Å². The standard InChI is InChI=1S/C53H51N3O/c1-51(2,3)39-33-43(49(57)45(34-39)52(4,5)6)50-55-48-42(25-19-28-47(48)56(50)40-22-13-10-14-23-40)36-30-35(31-37(32-36)46-27-17-18-29-54-46)41-24-15-16-26-44(41)53(7,8)38-20-11-9-12-21-38/h9-34,57H,1-8H3. The summed E-state index contributed by atoms with van der Waals surface area (Å²) in [4.78, 5) is 10.3. The predicted octanol–water partition coefficient (Wildman–Crippen LogP) is 13.7. The fraction of sp³-hybridized carbons (Fsp3) is 0.208. The van der Waals surface area contributed by atoms with Gasteiger partial charge in [-0.2, -0.15) is 0 Å². The molecule has 8 aromatic rings. The summed E-state index contributed by atoms with van der Waals surface area (Å²) < 4.78 is 2.20. The number of aromatic hydroxyl groups is 1. The van der Waals surface area contributed by atoms with Crippen LogP contribution < -0.4 is 0 Å². The van der Waals surface area contributed by atoms with Gasteiger partial charge in [0.25, 0.3) is 0 Å². The SMILES string of the molecule is CC(C)(C)c1cc(-c2nc3c(-c4cc(-c5ccccn5)cc(-c5ccccc5C(C)(C)c5ccccc5)c4)cccc3n2-c2ccccc2)c(O)c(C(C)(C)C)c1. The summed E-state index contributed by atoms with van der Waals surface area (Å²) in [7, 11) is 0. The minimum Gasteiger partial charge on any atom is -0.507 e. The molecular formula is C53H51N3O. The normalized spacial score (nSPS) is 12.3. The Morgan fingerprint density at radius 1 is 0.491 bits per heavy atom. The number of hydrogen-bond acceptors (Lipinski definition) is 3. The monoisotopic (exact) mass is 745 g/mol. The van der Waals surface area contributed by atoms with Gasteiger partial charge >= 0.3 is 0 Å². The molecule has 1 N–H and O–H groups in total. The highest BCUT2D eigenvalue weighted by molar-refractivity contribution is 5.98. The van der Waals surface area contributed by atoms with Crippen LogP contribution in [0.1, 0.15) is 77.6 Å². The third-order valence-electron chi connectivity index (χ3n) is 11.3. The van der Waals surface area contributed by atoms with Gasteiger partial charge in [0.15, 0.2) is 0 Å². The van der Waals surface area contributed by atoms with Gasteiger partial charge in [0.05, 0.1) is 22.3 Å². The summed E-state index contributed by atoms with van der Waals surface area (Å²) in [5.41, 5.74) is 13.6. The lowest BCUT2D eigenvalue weighted by molar-refractivity contribution is 0.446. The summed E-state index contributed by atoms with van der Waals surface area (Å²) >= 11 is 0. The molecule has 284 valence electrons. The molecule has 57 heavy (non-hydrogen) atoms. The molecule has 0 radical (unpaired) electrons. The Morgan fingerprint density at radius 2 is 1.11 bits per heavy atom. The number of benzene rings is 6. The maximum Gasteiger partial charge on any atom is 0.149 e. The Morgan fingerprint density at radius 3 is 1.77 bits per heavy atom. The minimum absolute atomic E-state index is 0.148. The Labute approximate surface area is 337 Å². The summed E-state index contributed by atoms with van der Waals surface area (Å²) in [5, 5.41) is 12.2. The zero-order valence-electron chi connectivity index (χ0n) is 34.3. The molecule has 0 unspecified atom stereocenters. The second kappa shape index (κ2) is 14.4. The Hall–Kier alpha value is -6.26. The first-order valence-corrected chi connectivity index (χ1v) is 19.9. The molecule has 6 aromatic carbocycles. The highest BCUT2D eigenvalue weighted by Gasteiger charge is 2.29. The van der Waals surface area contributed by atoms with Gasteiger partial charge in [-0.1, -0.05) is 152 Å². The largest absolute Gasteiger partial charge is 0.507 e. The van der Waals surface area contributed by atoms with E-state index in [9.17, 15) is 5.11 Å². The van der Waals surface area contributed by atoms with Crippen molar-refractivity contribution in [1.82, 2.24) is 14.5 Å². The molecule has 0 spiro atoms. The Bertz CT molecular complexity index is 2710. The maximum absolute atomic E-state index is 12.2. The van der Waals surface area contributed by atoms with Crippen molar-refractivity contribution in [3.05, 3.63) is 180 Å². The zero-order chi connectivity index (χ0) is 40.1. The van der Waals surface area contributed by atoms with E-state index in [2.05, 4.69) is 193 Å². The lowest BCUT2D eigenvalue weighted by atomic mass is 9.75. The molecule has 0 bridgehead atoms. The van der Waals surface area contributed by atoms with E-state index in [1.807, 2.05) is 24.4 Å². The minimum atomic E-state index is -0.289. The van der Waals surface area contributed by atoms with Crippen molar-refractivity contribution in [2.75, 3.05) is 0 Å². The average molecular weight is 746 g/mol. The first-order valence-electron chi connectivity index (χ1n) is 19.9. The molecule has 0 saturated heterocycles. The average Bonchev–Trinajstić information content (AvgIpc) is 3.60. The number of aromatic nitrogens is 3. The van der Waals surface area contributed by atoms with Crippen molar-refractivity contribution in [2.24, 2.45) is 0 Å². The Balaban J connectivity index is 1.42. The van der Waals surface area contributed by atoms with Crippen LogP contribution in [0, 0.1) is 0 Å². The van der Waals surface area contributed by atoms with Crippen LogP contribution in [0.4, 0.5) is 0 Å². The van der Waals surface area contributed by atoms with E-state index < -0.39 is 0 Å². The number of phenols is 1. The molecule has 0 fully saturated rings. The first kappa shape index (κ1) is 37.7. The van der Waals surface area contributed by atoms with Gasteiger partial charge in [-0.3, -0.25) is 9.55 Å². The summed E-state index contributed by atoms with van der Waals surface area (Å²) in [6, 6.07) is 53.5. The van der Waals surface area contributed by atoms with E-state index in [1.54, 1.807) is 0 Å². The van der Waals surface area contributed by atoms with Crippen molar-refractivity contribution in [3.63, 3.8) is 0 Å².